The molecule has 0 radical (unpaired) electrons. The fourth-order valence-electron chi connectivity index (χ4n) is 0.242. The molecule has 0 fully saturated rings. The second-order valence-corrected chi connectivity index (χ2v) is 1.90. The first-order valence-corrected chi connectivity index (χ1v) is 2.96. The Kier molecular flexibility index (Phi) is 4.58. The van der Waals surface area contributed by atoms with Crippen molar-refractivity contribution in [2.45, 2.75) is 6.92 Å². The number of carbonyl (C=O) groups excluding carboxylic acids is 1. The smallest absolute Gasteiger partial charge is 0.248 e. The van der Waals surface area contributed by atoms with Gasteiger partial charge in [-0.1, -0.05) is 6.92 Å². The minimum Gasteiger partial charge on any atom is -0.396 e. The summed E-state index contributed by atoms with van der Waals surface area (Å²) in [4.78, 5) is 10.6. The van der Waals surface area contributed by atoms with Crippen molar-refractivity contribution in [2.24, 2.45) is 5.92 Å². The highest BCUT2D eigenvalue weighted by atomic mass is 31.0. The van der Waals surface area contributed by atoms with Gasteiger partial charge in [-0.05, 0) is 0 Å². The number of amides is 1. The van der Waals surface area contributed by atoms with Crippen molar-refractivity contribution in [1.29, 1.82) is 0 Å². The fraction of sp³-hybridized carbons (Fsp3) is 0.750. The molecule has 0 rings (SSSR count). The van der Waals surface area contributed by atoms with E-state index < -0.39 is 5.92 Å². The topological polar surface area (TPSA) is 58.6 Å². The number of hydrogen-bond acceptors (Lipinski definition) is 3. The zero-order chi connectivity index (χ0) is 7.28. The van der Waals surface area contributed by atoms with Crippen LogP contribution in [0.5, 0.6) is 0 Å². The number of hydroxylamine groups is 1. The van der Waals surface area contributed by atoms with Crippen LogP contribution in [0.4, 0.5) is 0 Å². The molecule has 54 valence electrons. The maximum atomic E-state index is 10.6. The minimum atomic E-state index is -0.412. The van der Waals surface area contributed by atoms with Crippen LogP contribution in [-0.4, -0.2) is 17.6 Å². The lowest BCUT2D eigenvalue weighted by Crippen LogP contribution is -2.28. The quantitative estimate of drug-likeness (QED) is 0.420. The third-order valence-electron chi connectivity index (χ3n) is 0.881. The highest BCUT2D eigenvalue weighted by Crippen LogP contribution is 1.92. The average Bonchev–Trinajstić information content (AvgIpc) is 1.87. The van der Waals surface area contributed by atoms with Gasteiger partial charge in [0.1, 0.15) is 0 Å². The number of carbonyl (C=O) groups is 1. The monoisotopic (exact) mass is 151 g/mol. The Morgan fingerprint density at radius 1 is 2.00 bits per heavy atom. The van der Waals surface area contributed by atoms with Crippen molar-refractivity contribution < 1.29 is 14.5 Å². The molecule has 5 heteroatoms. The van der Waals surface area contributed by atoms with Crippen molar-refractivity contribution in [2.75, 3.05) is 6.61 Å². The molecule has 0 bridgehead atoms. The summed E-state index contributed by atoms with van der Waals surface area (Å²) >= 11 is 0. The van der Waals surface area contributed by atoms with Gasteiger partial charge >= 0.3 is 0 Å². The van der Waals surface area contributed by atoms with Crippen LogP contribution in [-0.2, 0) is 9.42 Å². The molecule has 2 N–H and O–H groups in total. The normalized spacial score (nSPS) is 12.8. The summed E-state index contributed by atoms with van der Waals surface area (Å²) in [6, 6.07) is 0. The molecule has 1 amide bonds. The van der Waals surface area contributed by atoms with Crippen molar-refractivity contribution in [3.8, 4) is 0 Å². The highest BCUT2D eigenvalue weighted by Gasteiger charge is 2.09. The average molecular weight is 151 g/mol. The summed E-state index contributed by atoms with van der Waals surface area (Å²) in [6.07, 6.45) is 0. The molecule has 0 spiro atoms. The van der Waals surface area contributed by atoms with Crippen LogP contribution in [0.25, 0.3) is 0 Å². The summed E-state index contributed by atoms with van der Waals surface area (Å²) in [5.74, 6) is -0.738. The SMILES string of the molecule is CC(CO)C(=O)NOP. The molecular weight excluding hydrogens is 141 g/mol. The van der Waals surface area contributed by atoms with E-state index in [-0.39, 0.29) is 12.5 Å². The Bertz CT molecular complexity index is 97.8. The molecule has 0 aliphatic carbocycles. The Morgan fingerprint density at radius 2 is 2.56 bits per heavy atom. The molecule has 2 atom stereocenters. The van der Waals surface area contributed by atoms with E-state index >= 15 is 0 Å². The molecule has 0 aromatic heterocycles. The second-order valence-electron chi connectivity index (χ2n) is 1.67. The number of nitrogens with one attached hydrogen (secondary N) is 1. The fourth-order valence-corrected chi connectivity index (χ4v) is 0.358. The molecule has 0 aromatic carbocycles. The number of aliphatic hydroxyl groups excluding tert-OH is 1. The second kappa shape index (κ2) is 4.68. The summed E-state index contributed by atoms with van der Waals surface area (Å²) in [5.41, 5.74) is 2.06. The number of aliphatic hydroxyl groups is 1. The van der Waals surface area contributed by atoms with Crippen LogP contribution in [0.2, 0.25) is 0 Å². The number of hydrogen-bond donors (Lipinski definition) is 2. The summed E-state index contributed by atoms with van der Waals surface area (Å²) in [5, 5.41) is 8.41. The van der Waals surface area contributed by atoms with Crippen molar-refractivity contribution in [3.05, 3.63) is 0 Å². The maximum Gasteiger partial charge on any atom is 0.248 e. The lowest BCUT2D eigenvalue weighted by atomic mass is 10.2. The van der Waals surface area contributed by atoms with Gasteiger partial charge in [0.25, 0.3) is 0 Å². The van der Waals surface area contributed by atoms with Gasteiger partial charge in [0.2, 0.25) is 5.91 Å². The molecule has 0 aliphatic heterocycles. The van der Waals surface area contributed by atoms with Gasteiger partial charge in [0.15, 0.2) is 0 Å². The van der Waals surface area contributed by atoms with E-state index in [4.69, 9.17) is 5.11 Å². The lowest BCUT2D eigenvalue weighted by molar-refractivity contribution is -0.131. The third-order valence-corrected chi connectivity index (χ3v) is 0.999. The molecule has 0 aliphatic rings. The summed E-state index contributed by atoms with van der Waals surface area (Å²) < 4.78 is 4.23. The Labute approximate surface area is 55.8 Å². The van der Waals surface area contributed by atoms with Crippen LogP contribution in [0, 0.1) is 5.92 Å². The highest BCUT2D eigenvalue weighted by molar-refractivity contribution is 7.09. The Morgan fingerprint density at radius 3 is 2.89 bits per heavy atom. The van der Waals surface area contributed by atoms with Gasteiger partial charge < -0.3 is 5.11 Å². The third kappa shape index (κ3) is 3.40. The van der Waals surface area contributed by atoms with Crippen molar-refractivity contribution in [1.82, 2.24) is 5.48 Å². The van der Waals surface area contributed by atoms with Gasteiger partial charge in [0.05, 0.1) is 12.5 Å². The lowest BCUT2D eigenvalue weighted by Gasteiger charge is -2.05. The van der Waals surface area contributed by atoms with Crippen molar-refractivity contribution in [3.63, 3.8) is 0 Å². The predicted molar refractivity (Wildman–Crippen MR) is 35.2 cm³/mol. The van der Waals surface area contributed by atoms with Gasteiger partial charge in [-0.2, -0.15) is 0 Å². The summed E-state index contributed by atoms with van der Waals surface area (Å²) in [6.45, 7) is 1.43. The predicted octanol–water partition coefficient (Wildman–Crippen LogP) is -0.547. The van der Waals surface area contributed by atoms with Crippen LogP contribution in [0.15, 0.2) is 0 Å². The Hall–Kier alpha value is -0.180. The van der Waals surface area contributed by atoms with E-state index in [1.165, 1.54) is 0 Å². The van der Waals surface area contributed by atoms with Crippen LogP contribution >= 0.6 is 9.47 Å². The molecule has 0 heterocycles. The summed E-state index contributed by atoms with van der Waals surface area (Å²) in [7, 11) is 1.88. The van der Waals surface area contributed by atoms with Crippen LogP contribution < -0.4 is 5.48 Å². The molecule has 2 unspecified atom stereocenters. The largest absolute Gasteiger partial charge is 0.396 e. The van der Waals surface area contributed by atoms with Crippen LogP contribution in [0.1, 0.15) is 6.92 Å². The first-order valence-electron chi connectivity index (χ1n) is 2.48. The number of rotatable bonds is 3. The van der Waals surface area contributed by atoms with E-state index in [9.17, 15) is 4.79 Å². The van der Waals surface area contributed by atoms with E-state index in [0.29, 0.717) is 0 Å². The molecule has 4 nitrogen and oxygen atoms in total. The Balaban J connectivity index is 3.46. The van der Waals surface area contributed by atoms with E-state index in [1.54, 1.807) is 6.92 Å². The molecule has 9 heavy (non-hydrogen) atoms. The van der Waals surface area contributed by atoms with Gasteiger partial charge in [-0.15, -0.1) is 0 Å². The molecule has 0 saturated heterocycles. The van der Waals surface area contributed by atoms with E-state index in [0.717, 1.165) is 0 Å². The first-order chi connectivity index (χ1) is 4.22. The van der Waals surface area contributed by atoms with Crippen LogP contribution in [0.3, 0.4) is 0 Å². The van der Waals surface area contributed by atoms with Gasteiger partial charge in [-0.25, -0.2) is 5.48 Å². The van der Waals surface area contributed by atoms with Gasteiger partial charge in [-0.3, -0.25) is 9.42 Å². The first kappa shape index (κ1) is 8.82. The van der Waals surface area contributed by atoms with E-state index in [2.05, 4.69) is 10.1 Å². The molecule has 0 aromatic rings. The molecule has 0 saturated carbocycles. The minimum absolute atomic E-state index is 0.167. The molecular formula is C4H10NO3P. The zero-order valence-electron chi connectivity index (χ0n) is 5.13. The van der Waals surface area contributed by atoms with Gasteiger partial charge in [0, 0.05) is 9.47 Å². The van der Waals surface area contributed by atoms with E-state index in [1.807, 2.05) is 9.47 Å². The maximum absolute atomic E-state index is 10.6. The standard InChI is InChI=1S/C4H10NO3P/c1-3(2-6)4(7)5-8-9/h3,6H,2,9H2,1H3,(H,5,7). The van der Waals surface area contributed by atoms with Crippen molar-refractivity contribution >= 4 is 15.4 Å². The zero-order valence-corrected chi connectivity index (χ0v) is 6.28.